The summed E-state index contributed by atoms with van der Waals surface area (Å²) in [6, 6.07) is 0. The van der Waals surface area contributed by atoms with Gasteiger partial charge in [-0.05, 0) is 0 Å². The molecule has 0 saturated carbocycles. The fourth-order valence-electron chi connectivity index (χ4n) is 4.23. The lowest BCUT2D eigenvalue weighted by Crippen LogP contribution is -2.65. The molecule has 2 aliphatic rings. The lowest BCUT2D eigenvalue weighted by molar-refractivity contribution is -0.387. The van der Waals surface area contributed by atoms with E-state index >= 15 is 0 Å². The first-order valence-electron chi connectivity index (χ1n) is 9.03. The molecule has 4 rings (SSSR count). The number of alkyl halides is 16. The third kappa shape index (κ3) is 2.44. The first-order valence-corrected chi connectivity index (χ1v) is 9.03. The van der Waals surface area contributed by atoms with E-state index in [-0.39, 0.29) is 0 Å². The van der Waals surface area contributed by atoms with Crippen LogP contribution in [-0.2, 0) is 23.7 Å². The maximum Gasteiger partial charge on any atom is 0.383 e. The van der Waals surface area contributed by atoms with Crippen molar-refractivity contribution in [1.82, 2.24) is 0 Å². The summed E-state index contributed by atoms with van der Waals surface area (Å²) in [6.45, 7) is 0. The van der Waals surface area contributed by atoms with Gasteiger partial charge in [0.1, 0.15) is 0 Å². The Morgan fingerprint density at radius 3 is 0.658 bits per heavy atom. The third-order valence-corrected chi connectivity index (χ3v) is 6.14. The monoisotopic (exact) mass is 596 g/mol. The molecule has 2 aromatic carbocycles. The number of hydrogen-bond donors (Lipinski definition) is 0. The molecule has 0 spiro atoms. The van der Waals surface area contributed by atoms with E-state index in [4.69, 9.17) is 0 Å². The first-order chi connectivity index (χ1) is 16.6. The van der Waals surface area contributed by atoms with Crippen molar-refractivity contribution in [3.63, 3.8) is 0 Å². The molecule has 0 aliphatic heterocycles. The second-order valence-electron chi connectivity index (χ2n) is 8.10. The Labute approximate surface area is 192 Å². The van der Waals surface area contributed by atoms with Gasteiger partial charge in [0.25, 0.3) is 0 Å². The smallest absolute Gasteiger partial charge is 0.203 e. The fourth-order valence-corrected chi connectivity index (χ4v) is 4.23. The van der Waals surface area contributed by atoms with E-state index < -0.39 is 104 Å². The highest BCUT2D eigenvalue weighted by Crippen LogP contribution is 2.70. The highest BCUT2D eigenvalue weighted by molar-refractivity contribution is 5.94. The van der Waals surface area contributed by atoms with Crippen molar-refractivity contribution < 1.29 is 87.8 Å². The van der Waals surface area contributed by atoms with Crippen molar-refractivity contribution in [1.29, 1.82) is 0 Å². The van der Waals surface area contributed by atoms with Crippen LogP contribution in [0, 0.1) is 23.3 Å². The molecule has 0 saturated heterocycles. The lowest BCUT2D eigenvalue weighted by atomic mass is 9.73. The minimum Gasteiger partial charge on any atom is -0.203 e. The van der Waals surface area contributed by atoms with Gasteiger partial charge in [-0.25, -0.2) is 17.6 Å². The normalized spacial score (nSPS) is 26.5. The molecule has 0 fully saturated rings. The van der Waals surface area contributed by atoms with E-state index in [1.807, 2.05) is 0 Å². The van der Waals surface area contributed by atoms with Gasteiger partial charge in [0.05, 0.1) is 22.3 Å². The SMILES string of the molecule is Fc1c2c(c3c(F)c(F)c4c(c3c1F)C(F)(F)C(F)(F)C(F)(F)C4(F)F)C(F)(F)C(F)(F)C(F)(F)C2(F)F. The van der Waals surface area contributed by atoms with Crippen molar-refractivity contribution in [2.75, 3.05) is 0 Å². The van der Waals surface area contributed by atoms with Gasteiger partial charge in [-0.15, -0.1) is 0 Å². The second-order valence-corrected chi connectivity index (χ2v) is 8.10. The third-order valence-electron chi connectivity index (χ3n) is 6.14. The van der Waals surface area contributed by atoms with Gasteiger partial charge in [0.2, 0.25) is 0 Å². The molecule has 0 bridgehead atoms. The van der Waals surface area contributed by atoms with Gasteiger partial charge in [0.15, 0.2) is 23.3 Å². The molecule has 0 N–H and O–H groups in total. The zero-order valence-electron chi connectivity index (χ0n) is 16.6. The van der Waals surface area contributed by atoms with Crippen LogP contribution in [0.15, 0.2) is 0 Å². The topological polar surface area (TPSA) is 0 Å². The van der Waals surface area contributed by atoms with Crippen LogP contribution in [0.4, 0.5) is 87.8 Å². The summed E-state index contributed by atoms with van der Waals surface area (Å²) in [4.78, 5) is 0. The van der Waals surface area contributed by atoms with Crippen LogP contribution in [0.25, 0.3) is 10.8 Å². The summed E-state index contributed by atoms with van der Waals surface area (Å²) in [5.41, 5.74) is -15.7. The molecule has 2 aromatic rings. The van der Waals surface area contributed by atoms with E-state index in [0.29, 0.717) is 0 Å². The van der Waals surface area contributed by atoms with Crippen LogP contribution in [0.2, 0.25) is 0 Å². The number of hydrogen-bond acceptors (Lipinski definition) is 0. The molecule has 0 radical (unpaired) electrons. The highest BCUT2D eigenvalue weighted by atomic mass is 19.4. The Hall–Kier alpha value is -2.70. The van der Waals surface area contributed by atoms with Gasteiger partial charge in [-0.1, -0.05) is 0 Å². The molecule has 0 amide bonds. The molecule has 0 aromatic heterocycles. The summed E-state index contributed by atoms with van der Waals surface area (Å²) in [6.07, 6.45) is 0. The minimum absolute atomic E-state index is 3.52. The molecule has 20 heteroatoms. The van der Waals surface area contributed by atoms with Gasteiger partial charge in [0, 0.05) is 10.8 Å². The van der Waals surface area contributed by atoms with Gasteiger partial charge < -0.3 is 0 Å². The molecule has 2 aliphatic carbocycles. The standard InChI is InChI=1S/C18F20/c19-7-1-2(4-6(9(7)21)14(29,30)18(37,38)16(33,34)12(4,25)26)8(20)10(22)5-3(1)11(23,24)15(31,32)17(35,36)13(5,27)28. The Kier molecular flexibility index (Phi) is 5.00. The van der Waals surface area contributed by atoms with Crippen LogP contribution in [-0.4, -0.2) is 23.7 Å². The molecular formula is C18F20. The Balaban J connectivity index is 2.46. The largest absolute Gasteiger partial charge is 0.383 e. The maximum absolute atomic E-state index is 14.7. The van der Waals surface area contributed by atoms with E-state index in [2.05, 4.69) is 0 Å². The summed E-state index contributed by atoms with van der Waals surface area (Å²) in [5.74, 6) is -73.7. The molecule has 0 heterocycles. The second kappa shape index (κ2) is 6.71. The predicted octanol–water partition coefficient (Wildman–Crippen LogP) is 8.33. The zero-order valence-corrected chi connectivity index (χ0v) is 16.6. The summed E-state index contributed by atoms with van der Waals surface area (Å²) in [5, 5.41) is -7.04. The summed E-state index contributed by atoms with van der Waals surface area (Å²) >= 11 is 0. The van der Waals surface area contributed by atoms with E-state index in [9.17, 15) is 87.8 Å². The lowest BCUT2D eigenvalue weighted by Gasteiger charge is -2.45. The van der Waals surface area contributed by atoms with Gasteiger partial charge in [-0.3, -0.25) is 0 Å². The Morgan fingerprint density at radius 1 is 0.263 bits per heavy atom. The van der Waals surface area contributed by atoms with Crippen LogP contribution in [0.3, 0.4) is 0 Å². The molecule has 0 unspecified atom stereocenters. The predicted molar refractivity (Wildman–Crippen MR) is 79.1 cm³/mol. The van der Waals surface area contributed by atoms with Crippen molar-refractivity contribution in [3.05, 3.63) is 45.5 Å². The first kappa shape index (κ1) is 28.3. The summed E-state index contributed by atoms with van der Waals surface area (Å²) in [7, 11) is 0. The van der Waals surface area contributed by atoms with Crippen molar-refractivity contribution >= 4 is 10.8 Å². The molecule has 38 heavy (non-hydrogen) atoms. The molecule has 212 valence electrons. The van der Waals surface area contributed by atoms with Gasteiger partial charge >= 0.3 is 47.4 Å². The average Bonchev–Trinajstić information content (AvgIpc) is 2.74. The Bertz CT molecular complexity index is 1310. The summed E-state index contributed by atoms with van der Waals surface area (Å²) < 4.78 is 283. The van der Waals surface area contributed by atoms with Crippen molar-refractivity contribution in [3.8, 4) is 0 Å². The van der Waals surface area contributed by atoms with Crippen LogP contribution < -0.4 is 0 Å². The zero-order chi connectivity index (χ0) is 29.8. The number of fused-ring (bicyclic) bond motifs is 5. The number of benzene rings is 2. The molecule has 0 nitrogen and oxygen atoms in total. The van der Waals surface area contributed by atoms with E-state index in [1.165, 1.54) is 0 Å². The highest BCUT2D eigenvalue weighted by Gasteiger charge is 2.88. The minimum atomic E-state index is -7.49. The van der Waals surface area contributed by atoms with Crippen LogP contribution >= 0.6 is 0 Å². The Morgan fingerprint density at radius 2 is 0.447 bits per heavy atom. The van der Waals surface area contributed by atoms with Crippen molar-refractivity contribution in [2.45, 2.75) is 47.4 Å². The quantitative estimate of drug-likeness (QED) is 0.269. The molecular weight excluding hydrogens is 596 g/mol. The number of rotatable bonds is 0. The van der Waals surface area contributed by atoms with Crippen LogP contribution in [0.1, 0.15) is 22.3 Å². The average molecular weight is 596 g/mol. The molecule has 0 atom stereocenters. The van der Waals surface area contributed by atoms with E-state index in [1.54, 1.807) is 0 Å². The van der Waals surface area contributed by atoms with Crippen molar-refractivity contribution in [2.24, 2.45) is 0 Å². The van der Waals surface area contributed by atoms with Crippen LogP contribution in [0.5, 0.6) is 0 Å². The fraction of sp³-hybridized carbons (Fsp3) is 0.444. The van der Waals surface area contributed by atoms with Gasteiger partial charge in [-0.2, -0.15) is 70.2 Å². The maximum atomic E-state index is 14.7. The van der Waals surface area contributed by atoms with E-state index in [0.717, 1.165) is 0 Å². The number of halogens is 20.